The number of likely N-dealkylation sites (tertiary alicyclic amines) is 1. The quantitative estimate of drug-likeness (QED) is 0.385. The Morgan fingerprint density at radius 2 is 1.94 bits per heavy atom. The molecule has 274 valence electrons. The van der Waals surface area contributed by atoms with Crippen molar-refractivity contribution in [1.29, 1.82) is 5.26 Å². The number of alkyl halides is 1. The van der Waals surface area contributed by atoms with E-state index in [0.717, 1.165) is 28.6 Å². The first-order chi connectivity index (χ1) is 24.8. The second-order valence-corrected chi connectivity index (χ2v) is 17.2. The van der Waals surface area contributed by atoms with Crippen LogP contribution in [0.15, 0.2) is 36.0 Å². The Hall–Kier alpha value is -4.02. The third kappa shape index (κ3) is 4.89. The molecule has 6 aliphatic rings. The zero-order chi connectivity index (χ0) is 36.8. The molecule has 1 saturated heterocycles. The molecule has 5 fully saturated rings. The zero-order valence-corrected chi connectivity index (χ0v) is 30.3. The number of nitrogens with zero attached hydrogens (tertiary/aromatic N) is 4. The number of nitriles is 1. The van der Waals surface area contributed by atoms with Crippen LogP contribution in [0.25, 0.3) is 11.8 Å². The molecule has 0 radical (unpaired) electrons. The predicted molar refractivity (Wildman–Crippen MR) is 189 cm³/mol. The van der Waals surface area contributed by atoms with E-state index in [-0.39, 0.29) is 41.5 Å². The van der Waals surface area contributed by atoms with Crippen LogP contribution in [-0.2, 0) is 25.5 Å². The van der Waals surface area contributed by atoms with E-state index in [9.17, 15) is 29.5 Å². The summed E-state index contributed by atoms with van der Waals surface area (Å²) in [5.41, 5.74) is 3.49. The van der Waals surface area contributed by atoms with E-state index in [1.807, 2.05) is 32.1 Å². The van der Waals surface area contributed by atoms with Gasteiger partial charge in [0, 0.05) is 28.9 Å². The van der Waals surface area contributed by atoms with Gasteiger partial charge in [0.25, 0.3) is 5.91 Å². The molecule has 0 unspecified atom stereocenters. The van der Waals surface area contributed by atoms with E-state index in [0.29, 0.717) is 69.2 Å². The highest BCUT2D eigenvalue weighted by atomic mass is 32.2. The largest absolute Gasteiger partial charge is 0.449 e. The van der Waals surface area contributed by atoms with Crippen molar-refractivity contribution in [3.63, 3.8) is 0 Å². The van der Waals surface area contributed by atoms with Gasteiger partial charge in [-0.3, -0.25) is 19.2 Å². The number of aliphatic hydroxyl groups is 1. The SMILES string of the molecule is C[C@]12Cc3cnn(-c4cccc(C(=O)N5CCC[C@@H]5C(N)=O)c4)c3C=C1CC[C@H]1[C@@H]3CC[C@](OC(=O)C4CC4)(C(=O)SCC#N)[C@@]3(C)C[C@H](O)[C@@]12F. The summed E-state index contributed by atoms with van der Waals surface area (Å²) in [6.45, 7) is 4.23. The summed E-state index contributed by atoms with van der Waals surface area (Å²) in [5.74, 6) is -2.45. The number of esters is 1. The second-order valence-electron chi connectivity index (χ2n) is 16.2. The van der Waals surface area contributed by atoms with Crippen LogP contribution in [0.3, 0.4) is 0 Å². The summed E-state index contributed by atoms with van der Waals surface area (Å²) in [6, 6.07) is 8.45. The number of fused-ring (bicyclic) bond motifs is 6. The summed E-state index contributed by atoms with van der Waals surface area (Å²) >= 11 is 0.840. The molecule has 8 atom stereocenters. The average Bonchev–Trinajstić information content (AvgIpc) is 3.60. The fourth-order valence-electron chi connectivity index (χ4n) is 10.8. The number of thioether (sulfide) groups is 1. The first-order valence-electron chi connectivity index (χ1n) is 18.4. The van der Waals surface area contributed by atoms with Crippen LogP contribution in [0.4, 0.5) is 4.39 Å². The highest BCUT2D eigenvalue weighted by Gasteiger charge is 2.76. The van der Waals surface area contributed by atoms with Gasteiger partial charge in [0.1, 0.15) is 11.7 Å². The summed E-state index contributed by atoms with van der Waals surface area (Å²) in [7, 11) is 0. The van der Waals surface area contributed by atoms with Crippen molar-refractivity contribution in [3.05, 3.63) is 52.9 Å². The van der Waals surface area contributed by atoms with Crippen LogP contribution in [0.2, 0.25) is 0 Å². The van der Waals surface area contributed by atoms with Crippen LogP contribution in [0.1, 0.15) is 93.3 Å². The Morgan fingerprint density at radius 3 is 2.67 bits per heavy atom. The van der Waals surface area contributed by atoms with Gasteiger partial charge in [0.2, 0.25) is 11.0 Å². The number of ether oxygens (including phenoxy) is 1. The second kappa shape index (κ2) is 12.3. The summed E-state index contributed by atoms with van der Waals surface area (Å²) < 4.78 is 26.3. The predicted octanol–water partition coefficient (Wildman–Crippen LogP) is 4.68. The topological polar surface area (TPSA) is 169 Å². The third-order valence-electron chi connectivity index (χ3n) is 13.7. The van der Waals surface area contributed by atoms with Crippen molar-refractivity contribution in [2.45, 2.75) is 101 Å². The zero-order valence-electron chi connectivity index (χ0n) is 29.5. The van der Waals surface area contributed by atoms with Crippen LogP contribution < -0.4 is 5.73 Å². The molecule has 52 heavy (non-hydrogen) atoms. The lowest BCUT2D eigenvalue weighted by molar-refractivity contribution is -0.229. The van der Waals surface area contributed by atoms with Crippen molar-refractivity contribution in [3.8, 4) is 11.8 Å². The number of primary amides is 1. The molecule has 0 spiro atoms. The molecule has 13 heteroatoms. The average molecular weight is 730 g/mol. The van der Waals surface area contributed by atoms with Gasteiger partial charge in [-0.25, -0.2) is 9.07 Å². The lowest BCUT2D eigenvalue weighted by Gasteiger charge is -2.63. The van der Waals surface area contributed by atoms with Crippen molar-refractivity contribution in [2.75, 3.05) is 12.3 Å². The number of aliphatic hydroxyl groups excluding tert-OH is 1. The van der Waals surface area contributed by atoms with E-state index < -0.39 is 52.0 Å². The van der Waals surface area contributed by atoms with Crippen molar-refractivity contribution in [2.24, 2.45) is 34.3 Å². The van der Waals surface area contributed by atoms with Gasteiger partial charge in [-0.15, -0.1) is 0 Å². The molecule has 2 heterocycles. The molecular formula is C39H44FN5O6S. The smallest absolute Gasteiger partial charge is 0.309 e. The molecule has 1 aromatic carbocycles. The van der Waals surface area contributed by atoms with Gasteiger partial charge in [0.05, 0.1) is 41.4 Å². The van der Waals surface area contributed by atoms with Crippen LogP contribution >= 0.6 is 11.8 Å². The van der Waals surface area contributed by atoms with Gasteiger partial charge < -0.3 is 20.5 Å². The lowest BCUT2D eigenvalue weighted by atomic mass is 9.44. The van der Waals surface area contributed by atoms with E-state index >= 15 is 4.39 Å². The molecule has 3 N–H and O–H groups in total. The van der Waals surface area contributed by atoms with Crippen LogP contribution in [0, 0.1) is 39.9 Å². The molecule has 11 nitrogen and oxygen atoms in total. The normalized spacial score (nSPS) is 36.1. The maximum atomic E-state index is 18.4. The molecule has 2 aromatic rings. The van der Waals surface area contributed by atoms with Crippen molar-refractivity contribution < 1.29 is 33.4 Å². The number of rotatable bonds is 7. The molecule has 1 aromatic heterocycles. The number of hydrogen-bond acceptors (Lipinski definition) is 9. The molecule has 2 amide bonds. The van der Waals surface area contributed by atoms with Crippen LogP contribution in [-0.4, -0.2) is 78.4 Å². The van der Waals surface area contributed by atoms with Gasteiger partial charge in [0.15, 0.2) is 5.60 Å². The maximum Gasteiger partial charge on any atom is 0.309 e. The van der Waals surface area contributed by atoms with Crippen LogP contribution in [0.5, 0.6) is 0 Å². The van der Waals surface area contributed by atoms with E-state index in [1.54, 1.807) is 29.1 Å². The number of carbonyl (C=O) groups is 4. The van der Waals surface area contributed by atoms with Crippen molar-refractivity contribution >= 4 is 40.7 Å². The van der Waals surface area contributed by atoms with E-state index in [2.05, 4.69) is 0 Å². The summed E-state index contributed by atoms with van der Waals surface area (Å²) in [4.78, 5) is 54.1. The number of nitrogens with two attached hydrogens (primary N) is 1. The number of allylic oxidation sites excluding steroid dienone is 1. The lowest BCUT2D eigenvalue weighted by Crippen LogP contribution is -2.70. The van der Waals surface area contributed by atoms with Gasteiger partial charge in [-0.1, -0.05) is 37.2 Å². The minimum absolute atomic E-state index is 0.0507. The number of carbonyl (C=O) groups excluding carboxylic acids is 4. The molecular weight excluding hydrogens is 686 g/mol. The molecule has 1 aliphatic heterocycles. The Balaban J connectivity index is 1.10. The Kier molecular flexibility index (Phi) is 8.26. The van der Waals surface area contributed by atoms with Crippen molar-refractivity contribution in [1.82, 2.24) is 14.7 Å². The fourth-order valence-corrected chi connectivity index (χ4v) is 11.6. The van der Waals surface area contributed by atoms with E-state index in [4.69, 9.17) is 15.6 Å². The number of aromatic nitrogens is 2. The molecule has 4 saturated carbocycles. The summed E-state index contributed by atoms with van der Waals surface area (Å²) in [6.07, 6.45) is 6.92. The Morgan fingerprint density at radius 1 is 1.15 bits per heavy atom. The number of benzene rings is 1. The molecule has 8 rings (SSSR count). The Labute approximate surface area is 306 Å². The fraction of sp³-hybridized carbons (Fsp3) is 0.590. The first-order valence-corrected chi connectivity index (χ1v) is 19.4. The van der Waals surface area contributed by atoms with Gasteiger partial charge in [-0.05, 0) is 100.0 Å². The highest BCUT2D eigenvalue weighted by molar-refractivity contribution is 8.14. The molecule has 0 bridgehead atoms. The standard InChI is InChI=1S/C39H44FN5O6S/c1-36-19-24-21-43-45(26-6-3-5-23(17-26)33(48)44-15-4-7-29(44)32(42)47)30(24)18-25(36)10-11-28-27-12-13-38(35(50)52-16-14-41,51-34(49)22-8-9-22)37(27,2)20-31(46)39(28,36)40/h3,5-6,17-18,21-22,27-29,31,46H,4,7-13,15-16,19-20H2,1-2H3,(H2,42,47)/t27-,28-,29+,31-,36-,37-,38-,39-/m0/s1. The van der Waals surface area contributed by atoms with E-state index in [1.165, 1.54) is 4.90 Å². The van der Waals surface area contributed by atoms with Gasteiger partial charge in [-0.2, -0.15) is 10.4 Å². The number of hydrogen-bond donors (Lipinski definition) is 2. The molecule has 5 aliphatic carbocycles. The van der Waals surface area contributed by atoms with Gasteiger partial charge >= 0.3 is 5.97 Å². The monoisotopic (exact) mass is 729 g/mol. The maximum absolute atomic E-state index is 18.4. The highest BCUT2D eigenvalue weighted by Crippen LogP contribution is 2.71. The minimum Gasteiger partial charge on any atom is -0.449 e. The summed E-state index contributed by atoms with van der Waals surface area (Å²) in [5, 5.41) is 25.7. The number of halogens is 1. The Bertz CT molecular complexity index is 1960. The first kappa shape index (κ1) is 35.0. The minimum atomic E-state index is -2.03. The number of amides is 2. The third-order valence-corrected chi connectivity index (χ3v) is 14.5.